The van der Waals surface area contributed by atoms with E-state index < -0.39 is 5.41 Å². The van der Waals surface area contributed by atoms with Crippen molar-refractivity contribution in [3.05, 3.63) is 0 Å². The standard InChI is InChI=1S/C9H19N3O2/c1-9(2,7-10)8(13)11-12-3-5-14-6-4-12/h3-7,10H2,1-2H3,(H,11,13). The molecule has 1 amide bonds. The number of carbonyl (C=O) groups excluding carboxylic acids is 1. The summed E-state index contributed by atoms with van der Waals surface area (Å²) in [4.78, 5) is 11.7. The fraction of sp³-hybridized carbons (Fsp3) is 0.889. The zero-order valence-electron chi connectivity index (χ0n) is 8.88. The number of nitrogens with zero attached hydrogens (tertiary/aromatic N) is 1. The van der Waals surface area contributed by atoms with Crippen LogP contribution >= 0.6 is 0 Å². The predicted molar refractivity (Wildman–Crippen MR) is 53.4 cm³/mol. The fourth-order valence-electron chi connectivity index (χ4n) is 1.06. The number of rotatable bonds is 3. The molecule has 0 aliphatic carbocycles. The molecule has 0 aromatic carbocycles. The maximum Gasteiger partial charge on any atom is 0.241 e. The van der Waals surface area contributed by atoms with Crippen molar-refractivity contribution in [2.24, 2.45) is 11.1 Å². The van der Waals surface area contributed by atoms with Crippen LogP contribution < -0.4 is 11.2 Å². The van der Waals surface area contributed by atoms with Gasteiger partial charge in [-0.1, -0.05) is 0 Å². The highest BCUT2D eigenvalue weighted by Gasteiger charge is 2.27. The lowest BCUT2D eigenvalue weighted by atomic mass is 9.93. The Morgan fingerprint density at radius 3 is 2.57 bits per heavy atom. The van der Waals surface area contributed by atoms with E-state index in [2.05, 4.69) is 5.43 Å². The first-order valence-electron chi connectivity index (χ1n) is 4.90. The maximum atomic E-state index is 11.7. The number of nitrogens with two attached hydrogens (primary N) is 1. The van der Waals surface area contributed by atoms with Gasteiger partial charge in [0.25, 0.3) is 0 Å². The lowest BCUT2D eigenvalue weighted by Crippen LogP contribution is -2.53. The normalized spacial score (nSPS) is 19.4. The molecule has 1 heterocycles. The van der Waals surface area contributed by atoms with Crippen LogP contribution in [0.25, 0.3) is 0 Å². The van der Waals surface area contributed by atoms with E-state index in [4.69, 9.17) is 10.5 Å². The van der Waals surface area contributed by atoms with Crippen LogP contribution in [0.2, 0.25) is 0 Å². The van der Waals surface area contributed by atoms with Gasteiger partial charge in [-0.15, -0.1) is 0 Å². The number of hydrazine groups is 1. The van der Waals surface area contributed by atoms with E-state index in [1.165, 1.54) is 0 Å². The Balaban J connectivity index is 2.39. The highest BCUT2D eigenvalue weighted by molar-refractivity contribution is 5.81. The number of amides is 1. The monoisotopic (exact) mass is 201 g/mol. The van der Waals surface area contributed by atoms with E-state index >= 15 is 0 Å². The van der Waals surface area contributed by atoms with E-state index in [0.29, 0.717) is 19.8 Å². The summed E-state index contributed by atoms with van der Waals surface area (Å²) >= 11 is 0. The molecule has 0 saturated carbocycles. The van der Waals surface area contributed by atoms with E-state index in [1.54, 1.807) is 0 Å². The molecular formula is C9H19N3O2. The first kappa shape index (κ1) is 11.4. The Morgan fingerprint density at radius 2 is 2.07 bits per heavy atom. The number of carbonyl (C=O) groups is 1. The van der Waals surface area contributed by atoms with Gasteiger partial charge in [-0.2, -0.15) is 0 Å². The van der Waals surface area contributed by atoms with Gasteiger partial charge in [0.1, 0.15) is 0 Å². The zero-order valence-corrected chi connectivity index (χ0v) is 8.88. The molecule has 0 unspecified atom stereocenters. The third-order valence-corrected chi connectivity index (χ3v) is 2.40. The van der Waals surface area contributed by atoms with Gasteiger partial charge in [0.15, 0.2) is 0 Å². The van der Waals surface area contributed by atoms with Crippen LogP contribution in [0.4, 0.5) is 0 Å². The lowest BCUT2D eigenvalue weighted by molar-refractivity contribution is -0.136. The van der Waals surface area contributed by atoms with Crippen LogP contribution in [0, 0.1) is 5.41 Å². The largest absolute Gasteiger partial charge is 0.379 e. The minimum absolute atomic E-state index is 0.0260. The first-order valence-corrected chi connectivity index (χ1v) is 4.90. The summed E-state index contributed by atoms with van der Waals surface area (Å²) in [6.45, 7) is 6.85. The van der Waals surface area contributed by atoms with Crippen LogP contribution in [0.3, 0.4) is 0 Å². The van der Waals surface area contributed by atoms with Gasteiger partial charge in [-0.25, -0.2) is 5.01 Å². The molecule has 1 fully saturated rings. The van der Waals surface area contributed by atoms with E-state index in [1.807, 2.05) is 18.9 Å². The zero-order chi connectivity index (χ0) is 10.6. The summed E-state index contributed by atoms with van der Waals surface area (Å²) in [6, 6.07) is 0. The van der Waals surface area contributed by atoms with Crippen molar-refractivity contribution in [3.8, 4) is 0 Å². The van der Waals surface area contributed by atoms with Crippen molar-refractivity contribution < 1.29 is 9.53 Å². The second-order valence-electron chi connectivity index (χ2n) is 4.13. The molecule has 0 atom stereocenters. The second kappa shape index (κ2) is 4.72. The average Bonchev–Trinajstić information content (AvgIpc) is 2.19. The van der Waals surface area contributed by atoms with E-state index in [9.17, 15) is 4.79 Å². The fourth-order valence-corrected chi connectivity index (χ4v) is 1.06. The average molecular weight is 201 g/mol. The van der Waals surface area contributed by atoms with Gasteiger partial charge in [-0.05, 0) is 13.8 Å². The lowest BCUT2D eigenvalue weighted by Gasteiger charge is -2.30. The Bertz CT molecular complexity index is 200. The molecule has 0 bridgehead atoms. The van der Waals surface area contributed by atoms with Crippen LogP contribution in [-0.4, -0.2) is 43.8 Å². The van der Waals surface area contributed by atoms with Crippen LogP contribution in [0.5, 0.6) is 0 Å². The van der Waals surface area contributed by atoms with Crippen LogP contribution in [-0.2, 0) is 9.53 Å². The summed E-state index contributed by atoms with van der Waals surface area (Å²) in [5.74, 6) is -0.0260. The number of hydrogen-bond acceptors (Lipinski definition) is 4. The third-order valence-electron chi connectivity index (χ3n) is 2.40. The molecule has 5 nitrogen and oxygen atoms in total. The summed E-state index contributed by atoms with van der Waals surface area (Å²) in [7, 11) is 0. The quantitative estimate of drug-likeness (QED) is 0.636. The number of ether oxygens (including phenoxy) is 1. The van der Waals surface area contributed by atoms with Crippen molar-refractivity contribution in [2.45, 2.75) is 13.8 Å². The molecule has 82 valence electrons. The van der Waals surface area contributed by atoms with Crippen molar-refractivity contribution in [1.82, 2.24) is 10.4 Å². The van der Waals surface area contributed by atoms with Crippen LogP contribution in [0.1, 0.15) is 13.8 Å². The van der Waals surface area contributed by atoms with Gasteiger partial charge in [0.2, 0.25) is 5.91 Å². The van der Waals surface area contributed by atoms with E-state index in [-0.39, 0.29) is 5.91 Å². The van der Waals surface area contributed by atoms with Crippen molar-refractivity contribution >= 4 is 5.91 Å². The molecule has 0 spiro atoms. The minimum Gasteiger partial charge on any atom is -0.379 e. The molecule has 1 aliphatic heterocycles. The smallest absolute Gasteiger partial charge is 0.241 e. The van der Waals surface area contributed by atoms with Crippen molar-refractivity contribution in [3.63, 3.8) is 0 Å². The molecule has 0 aromatic heterocycles. The highest BCUT2D eigenvalue weighted by atomic mass is 16.5. The first-order chi connectivity index (χ1) is 6.56. The highest BCUT2D eigenvalue weighted by Crippen LogP contribution is 2.12. The number of nitrogens with one attached hydrogen (secondary N) is 1. The van der Waals surface area contributed by atoms with Gasteiger partial charge in [-0.3, -0.25) is 10.2 Å². The summed E-state index contributed by atoms with van der Waals surface area (Å²) < 4.78 is 5.18. The minimum atomic E-state index is -0.502. The summed E-state index contributed by atoms with van der Waals surface area (Å²) in [5, 5.41) is 1.88. The van der Waals surface area contributed by atoms with Crippen LogP contribution in [0.15, 0.2) is 0 Å². The Morgan fingerprint density at radius 1 is 1.50 bits per heavy atom. The van der Waals surface area contributed by atoms with Gasteiger partial charge < -0.3 is 10.5 Å². The Kier molecular flexibility index (Phi) is 3.86. The SMILES string of the molecule is CC(C)(CN)C(=O)NN1CCOCC1. The topological polar surface area (TPSA) is 67.6 Å². The number of hydrogen-bond donors (Lipinski definition) is 2. The molecular weight excluding hydrogens is 182 g/mol. The van der Waals surface area contributed by atoms with Gasteiger partial charge >= 0.3 is 0 Å². The molecule has 1 saturated heterocycles. The van der Waals surface area contributed by atoms with Crippen molar-refractivity contribution in [1.29, 1.82) is 0 Å². The molecule has 5 heteroatoms. The Hall–Kier alpha value is -0.650. The van der Waals surface area contributed by atoms with Gasteiger partial charge in [0, 0.05) is 19.6 Å². The summed E-state index contributed by atoms with van der Waals surface area (Å²) in [5.41, 5.74) is 7.85. The van der Waals surface area contributed by atoms with Crippen molar-refractivity contribution in [2.75, 3.05) is 32.8 Å². The summed E-state index contributed by atoms with van der Waals surface area (Å²) in [6.07, 6.45) is 0. The number of morpholine rings is 1. The molecule has 14 heavy (non-hydrogen) atoms. The van der Waals surface area contributed by atoms with E-state index in [0.717, 1.165) is 13.1 Å². The second-order valence-corrected chi connectivity index (χ2v) is 4.13. The molecule has 1 rings (SSSR count). The maximum absolute atomic E-state index is 11.7. The molecule has 1 aliphatic rings. The van der Waals surface area contributed by atoms with Gasteiger partial charge in [0.05, 0.1) is 18.6 Å². The molecule has 0 radical (unpaired) electrons. The molecule has 3 N–H and O–H groups in total. The molecule has 0 aromatic rings. The predicted octanol–water partition coefficient (Wildman–Crippen LogP) is -0.665. The third kappa shape index (κ3) is 2.94. The Labute approximate surface area is 84.5 Å².